The second kappa shape index (κ2) is 5.41. The van der Waals surface area contributed by atoms with E-state index < -0.39 is 5.60 Å². The van der Waals surface area contributed by atoms with Gasteiger partial charge in [0.05, 0.1) is 5.60 Å². The maximum atomic E-state index is 10.1. The van der Waals surface area contributed by atoms with Crippen LogP contribution in [-0.4, -0.2) is 22.2 Å². The van der Waals surface area contributed by atoms with Crippen LogP contribution < -0.4 is 5.32 Å². The molecule has 2 N–H and O–H groups in total. The van der Waals surface area contributed by atoms with Crippen LogP contribution in [0.3, 0.4) is 0 Å². The quantitative estimate of drug-likeness (QED) is 0.802. The van der Waals surface area contributed by atoms with E-state index in [1.807, 2.05) is 39.1 Å². The molecule has 0 aliphatic rings. The van der Waals surface area contributed by atoms with Crippen LogP contribution in [0.2, 0.25) is 0 Å². The van der Waals surface area contributed by atoms with Gasteiger partial charge in [-0.25, -0.2) is 0 Å². The van der Waals surface area contributed by atoms with Gasteiger partial charge in [0.2, 0.25) is 0 Å². The molecule has 1 rings (SSSR count). The number of pyridine rings is 1. The molecule has 2 unspecified atom stereocenters. The molecule has 0 aliphatic carbocycles. The van der Waals surface area contributed by atoms with Crippen LogP contribution in [0.1, 0.15) is 39.3 Å². The van der Waals surface area contributed by atoms with Crippen LogP contribution in [0.25, 0.3) is 0 Å². The Morgan fingerprint density at radius 3 is 2.62 bits per heavy atom. The summed E-state index contributed by atoms with van der Waals surface area (Å²) in [5, 5.41) is 13.4. The van der Waals surface area contributed by atoms with E-state index in [1.54, 1.807) is 6.20 Å². The Labute approximate surface area is 97.9 Å². The Kier molecular flexibility index (Phi) is 4.44. The van der Waals surface area contributed by atoms with E-state index in [-0.39, 0.29) is 12.0 Å². The number of hydrogen-bond acceptors (Lipinski definition) is 3. The smallest absolute Gasteiger partial charge is 0.0766 e. The van der Waals surface area contributed by atoms with Crippen molar-refractivity contribution in [1.82, 2.24) is 10.3 Å². The summed E-state index contributed by atoms with van der Waals surface area (Å²) in [6.07, 6.45) is 3.61. The molecule has 0 spiro atoms. The minimum atomic E-state index is -0.670. The fourth-order valence-electron chi connectivity index (χ4n) is 1.31. The molecule has 2 atom stereocenters. The van der Waals surface area contributed by atoms with E-state index >= 15 is 0 Å². The van der Waals surface area contributed by atoms with E-state index in [4.69, 9.17) is 0 Å². The third-order valence-corrected chi connectivity index (χ3v) is 3.19. The molecule has 90 valence electrons. The Bertz CT molecular complexity index is 309. The van der Waals surface area contributed by atoms with Crippen LogP contribution in [0.4, 0.5) is 0 Å². The standard InChI is InChI=1S/C13H22N2O/c1-10(2)13(4,16)9-15-11(3)12-6-5-7-14-8-12/h5-8,10-11,15-16H,9H2,1-4H3. The van der Waals surface area contributed by atoms with Crippen LogP contribution >= 0.6 is 0 Å². The molecule has 1 aromatic rings. The van der Waals surface area contributed by atoms with Gasteiger partial charge in [0.25, 0.3) is 0 Å². The molecule has 1 heterocycles. The topological polar surface area (TPSA) is 45.1 Å². The van der Waals surface area contributed by atoms with Crippen molar-refractivity contribution in [1.29, 1.82) is 0 Å². The molecular formula is C13H22N2O. The third kappa shape index (κ3) is 3.58. The predicted octanol–water partition coefficient (Wildman–Crippen LogP) is 2.14. The first-order chi connectivity index (χ1) is 7.43. The first kappa shape index (κ1) is 13.1. The second-order valence-corrected chi connectivity index (χ2v) is 4.90. The second-order valence-electron chi connectivity index (χ2n) is 4.90. The van der Waals surface area contributed by atoms with E-state index in [9.17, 15) is 5.11 Å². The van der Waals surface area contributed by atoms with Gasteiger partial charge in [-0.15, -0.1) is 0 Å². The van der Waals surface area contributed by atoms with Crippen molar-refractivity contribution in [3.63, 3.8) is 0 Å². The molecule has 3 heteroatoms. The Balaban J connectivity index is 2.51. The highest BCUT2D eigenvalue weighted by atomic mass is 16.3. The first-order valence-electron chi connectivity index (χ1n) is 5.79. The van der Waals surface area contributed by atoms with E-state index in [1.165, 1.54) is 0 Å². The fraction of sp³-hybridized carbons (Fsp3) is 0.615. The van der Waals surface area contributed by atoms with Gasteiger partial charge in [-0.05, 0) is 31.4 Å². The lowest BCUT2D eigenvalue weighted by Crippen LogP contribution is -2.42. The summed E-state index contributed by atoms with van der Waals surface area (Å²) in [6, 6.07) is 4.17. The predicted molar refractivity (Wildman–Crippen MR) is 66.1 cm³/mol. The zero-order valence-corrected chi connectivity index (χ0v) is 10.6. The van der Waals surface area contributed by atoms with Gasteiger partial charge in [0.15, 0.2) is 0 Å². The zero-order valence-electron chi connectivity index (χ0n) is 10.6. The fourth-order valence-corrected chi connectivity index (χ4v) is 1.31. The van der Waals surface area contributed by atoms with Crippen LogP contribution in [0, 0.1) is 5.92 Å². The molecule has 0 saturated heterocycles. The van der Waals surface area contributed by atoms with Crippen molar-refractivity contribution < 1.29 is 5.11 Å². The summed E-state index contributed by atoms with van der Waals surface area (Å²) in [5.74, 6) is 0.237. The van der Waals surface area contributed by atoms with Crippen LogP contribution in [-0.2, 0) is 0 Å². The van der Waals surface area contributed by atoms with Gasteiger partial charge in [-0.3, -0.25) is 4.98 Å². The van der Waals surface area contributed by atoms with Gasteiger partial charge in [-0.2, -0.15) is 0 Å². The van der Waals surface area contributed by atoms with Crippen molar-refractivity contribution in [3.8, 4) is 0 Å². The van der Waals surface area contributed by atoms with Gasteiger partial charge in [0.1, 0.15) is 0 Å². The molecule has 0 fully saturated rings. The number of nitrogens with zero attached hydrogens (tertiary/aromatic N) is 1. The number of aliphatic hydroxyl groups is 1. The molecule has 3 nitrogen and oxygen atoms in total. The number of rotatable bonds is 5. The lowest BCUT2D eigenvalue weighted by molar-refractivity contribution is 0.0122. The summed E-state index contributed by atoms with van der Waals surface area (Å²) in [7, 11) is 0. The Hall–Kier alpha value is -0.930. The van der Waals surface area contributed by atoms with Gasteiger partial charge >= 0.3 is 0 Å². The molecule has 0 aliphatic heterocycles. The molecule has 0 radical (unpaired) electrons. The summed E-state index contributed by atoms with van der Waals surface area (Å²) < 4.78 is 0. The average molecular weight is 222 g/mol. The molecule has 0 amide bonds. The van der Waals surface area contributed by atoms with E-state index in [2.05, 4.69) is 17.2 Å². The number of hydrogen-bond donors (Lipinski definition) is 2. The molecule has 16 heavy (non-hydrogen) atoms. The summed E-state index contributed by atoms with van der Waals surface area (Å²) in [6.45, 7) is 8.57. The summed E-state index contributed by atoms with van der Waals surface area (Å²) in [5.41, 5.74) is 0.471. The molecule has 0 bridgehead atoms. The first-order valence-corrected chi connectivity index (χ1v) is 5.79. The number of nitrogens with one attached hydrogen (secondary N) is 1. The van der Waals surface area contributed by atoms with Gasteiger partial charge in [0, 0.05) is 25.0 Å². The highest BCUT2D eigenvalue weighted by Crippen LogP contribution is 2.17. The van der Waals surface area contributed by atoms with Crippen molar-refractivity contribution in [2.75, 3.05) is 6.54 Å². The van der Waals surface area contributed by atoms with E-state index in [0.717, 1.165) is 5.56 Å². The molecule has 1 aromatic heterocycles. The maximum Gasteiger partial charge on any atom is 0.0766 e. The van der Waals surface area contributed by atoms with Crippen molar-refractivity contribution in [2.24, 2.45) is 5.92 Å². The van der Waals surface area contributed by atoms with Crippen molar-refractivity contribution in [2.45, 2.75) is 39.3 Å². The highest BCUT2D eigenvalue weighted by molar-refractivity contribution is 5.12. The maximum absolute atomic E-state index is 10.1. The lowest BCUT2D eigenvalue weighted by Gasteiger charge is -2.29. The van der Waals surface area contributed by atoms with Crippen molar-refractivity contribution in [3.05, 3.63) is 30.1 Å². The normalized spacial score (nSPS) is 17.1. The monoisotopic (exact) mass is 222 g/mol. The van der Waals surface area contributed by atoms with Crippen molar-refractivity contribution >= 4 is 0 Å². The Morgan fingerprint density at radius 1 is 1.44 bits per heavy atom. The van der Waals surface area contributed by atoms with Gasteiger partial charge in [-0.1, -0.05) is 19.9 Å². The van der Waals surface area contributed by atoms with Crippen LogP contribution in [0.15, 0.2) is 24.5 Å². The minimum Gasteiger partial charge on any atom is -0.389 e. The molecule has 0 aromatic carbocycles. The minimum absolute atomic E-state index is 0.207. The SMILES string of the molecule is CC(NCC(C)(O)C(C)C)c1cccnc1. The van der Waals surface area contributed by atoms with E-state index in [0.29, 0.717) is 6.54 Å². The zero-order chi connectivity index (χ0) is 12.2. The largest absolute Gasteiger partial charge is 0.389 e. The average Bonchev–Trinajstić information content (AvgIpc) is 2.27. The lowest BCUT2D eigenvalue weighted by atomic mass is 9.92. The summed E-state index contributed by atoms with van der Waals surface area (Å²) in [4.78, 5) is 4.08. The summed E-state index contributed by atoms with van der Waals surface area (Å²) >= 11 is 0. The van der Waals surface area contributed by atoms with Gasteiger partial charge < -0.3 is 10.4 Å². The van der Waals surface area contributed by atoms with Crippen LogP contribution in [0.5, 0.6) is 0 Å². The Morgan fingerprint density at radius 2 is 2.12 bits per heavy atom. The number of aromatic nitrogens is 1. The third-order valence-electron chi connectivity index (χ3n) is 3.19. The molecular weight excluding hydrogens is 200 g/mol. The molecule has 0 saturated carbocycles. The highest BCUT2D eigenvalue weighted by Gasteiger charge is 2.25.